The van der Waals surface area contributed by atoms with E-state index in [1.165, 1.54) is 12.8 Å². The molecule has 0 bridgehead atoms. The van der Waals surface area contributed by atoms with Gasteiger partial charge in [-0.1, -0.05) is 12.8 Å². The van der Waals surface area contributed by atoms with Crippen molar-refractivity contribution in [2.45, 2.75) is 26.2 Å². The van der Waals surface area contributed by atoms with Crippen molar-refractivity contribution in [2.24, 2.45) is 5.92 Å². The van der Waals surface area contributed by atoms with Gasteiger partial charge in [0.25, 0.3) is 5.88 Å². The van der Waals surface area contributed by atoms with Crippen LogP contribution >= 0.6 is 0 Å². The molecule has 2 aromatic rings. The lowest BCUT2D eigenvalue weighted by molar-refractivity contribution is 0.293. The van der Waals surface area contributed by atoms with Crippen molar-refractivity contribution >= 4 is 11.5 Å². The largest absolute Gasteiger partial charge is 0.475 e. The topological polar surface area (TPSA) is 51.5 Å². The Morgan fingerprint density at radius 2 is 2.39 bits per heavy atom. The van der Waals surface area contributed by atoms with E-state index in [9.17, 15) is 0 Å². The molecule has 0 saturated heterocycles. The highest BCUT2D eigenvalue weighted by Crippen LogP contribution is 2.32. The molecule has 1 aliphatic carbocycles. The quantitative estimate of drug-likeness (QED) is 0.850. The average Bonchev–Trinajstić information content (AvgIpc) is 3.05. The first-order valence-electron chi connectivity index (χ1n) is 6.57. The van der Waals surface area contributed by atoms with E-state index in [1.807, 2.05) is 23.7 Å². The maximum atomic E-state index is 5.78. The van der Waals surface area contributed by atoms with Crippen LogP contribution in [0.5, 0.6) is 5.88 Å². The van der Waals surface area contributed by atoms with Gasteiger partial charge >= 0.3 is 0 Å². The van der Waals surface area contributed by atoms with Crippen molar-refractivity contribution in [3.8, 4) is 5.88 Å². The summed E-state index contributed by atoms with van der Waals surface area (Å²) in [7, 11) is 0. The Kier molecular flexibility index (Phi) is 3.04. The lowest BCUT2D eigenvalue weighted by atomic mass is 10.3. The van der Waals surface area contributed by atoms with Crippen molar-refractivity contribution in [3.05, 3.63) is 18.6 Å². The predicted octanol–water partition coefficient (Wildman–Crippen LogP) is 2.34. The van der Waals surface area contributed by atoms with Gasteiger partial charge in [-0.3, -0.25) is 4.40 Å². The molecule has 5 heteroatoms. The Morgan fingerprint density at radius 1 is 1.50 bits per heavy atom. The summed E-state index contributed by atoms with van der Waals surface area (Å²) in [6.07, 6.45) is 9.44. The van der Waals surface area contributed by atoms with Crippen LogP contribution < -0.4 is 10.1 Å². The second kappa shape index (κ2) is 4.84. The van der Waals surface area contributed by atoms with Gasteiger partial charge in [0.1, 0.15) is 5.82 Å². The minimum absolute atomic E-state index is 0.624. The fourth-order valence-electron chi connectivity index (χ4n) is 1.99. The van der Waals surface area contributed by atoms with Gasteiger partial charge in [0.2, 0.25) is 5.65 Å². The zero-order chi connectivity index (χ0) is 12.4. The molecule has 0 aromatic carbocycles. The smallest absolute Gasteiger partial charge is 0.260 e. The van der Waals surface area contributed by atoms with E-state index >= 15 is 0 Å². The highest BCUT2D eigenvalue weighted by atomic mass is 16.5. The van der Waals surface area contributed by atoms with Crippen molar-refractivity contribution in [2.75, 3.05) is 18.5 Å². The van der Waals surface area contributed by atoms with Gasteiger partial charge < -0.3 is 10.1 Å². The molecule has 0 atom stereocenters. The molecule has 3 rings (SSSR count). The summed E-state index contributed by atoms with van der Waals surface area (Å²) in [5, 5.41) is 3.20. The number of imidazole rings is 1. The summed E-state index contributed by atoms with van der Waals surface area (Å²) in [5.41, 5.74) is 0.785. The fraction of sp³-hybridized carbons (Fsp3) is 0.538. The van der Waals surface area contributed by atoms with E-state index in [0.29, 0.717) is 5.88 Å². The van der Waals surface area contributed by atoms with Crippen LogP contribution in [0.4, 0.5) is 5.82 Å². The molecule has 0 aliphatic heterocycles. The molecule has 2 heterocycles. The Bertz CT molecular complexity index is 533. The third kappa shape index (κ3) is 2.39. The van der Waals surface area contributed by atoms with Crippen LogP contribution in [0.3, 0.4) is 0 Å². The Labute approximate surface area is 106 Å². The molecule has 1 saturated carbocycles. The number of hydrogen-bond donors (Lipinski definition) is 1. The molecule has 5 nitrogen and oxygen atoms in total. The maximum absolute atomic E-state index is 5.78. The Balaban J connectivity index is 1.79. The van der Waals surface area contributed by atoms with Crippen LogP contribution in [0.15, 0.2) is 18.6 Å². The van der Waals surface area contributed by atoms with E-state index in [4.69, 9.17) is 4.74 Å². The normalized spacial score (nSPS) is 14.9. The molecule has 0 amide bonds. The van der Waals surface area contributed by atoms with Gasteiger partial charge in [-0.15, -0.1) is 0 Å². The lowest BCUT2D eigenvalue weighted by Crippen LogP contribution is -2.06. The monoisotopic (exact) mass is 246 g/mol. The third-order valence-electron chi connectivity index (χ3n) is 3.16. The lowest BCUT2D eigenvalue weighted by Gasteiger charge is -2.09. The van der Waals surface area contributed by atoms with Crippen LogP contribution in [-0.4, -0.2) is 27.5 Å². The number of ether oxygens (including phenoxy) is 1. The van der Waals surface area contributed by atoms with E-state index in [1.54, 1.807) is 6.20 Å². The van der Waals surface area contributed by atoms with Gasteiger partial charge in [-0.05, 0) is 19.3 Å². The number of rotatable bonds is 6. The van der Waals surface area contributed by atoms with Crippen molar-refractivity contribution < 1.29 is 4.74 Å². The molecular formula is C13H18N4O. The third-order valence-corrected chi connectivity index (χ3v) is 3.16. The first kappa shape index (κ1) is 11.3. The molecule has 1 N–H and O–H groups in total. The predicted molar refractivity (Wildman–Crippen MR) is 70.0 cm³/mol. The number of nitrogens with one attached hydrogen (secondary N) is 1. The van der Waals surface area contributed by atoms with Crippen LogP contribution in [0, 0.1) is 5.92 Å². The molecule has 0 spiro atoms. The number of anilines is 1. The molecule has 18 heavy (non-hydrogen) atoms. The first-order valence-corrected chi connectivity index (χ1v) is 6.57. The number of nitrogens with zero attached hydrogens (tertiary/aromatic N) is 3. The molecular weight excluding hydrogens is 228 g/mol. The molecule has 2 aromatic heterocycles. The van der Waals surface area contributed by atoms with Gasteiger partial charge in [-0.25, -0.2) is 4.98 Å². The molecule has 1 aliphatic rings. The fourth-order valence-corrected chi connectivity index (χ4v) is 1.99. The molecule has 96 valence electrons. The second-order valence-corrected chi connectivity index (χ2v) is 4.70. The summed E-state index contributed by atoms with van der Waals surface area (Å²) in [4.78, 5) is 8.74. The highest BCUT2D eigenvalue weighted by Gasteiger charge is 2.21. The molecule has 1 fully saturated rings. The van der Waals surface area contributed by atoms with Gasteiger partial charge in [0, 0.05) is 18.9 Å². The maximum Gasteiger partial charge on any atom is 0.260 e. The zero-order valence-corrected chi connectivity index (χ0v) is 10.6. The van der Waals surface area contributed by atoms with E-state index < -0.39 is 0 Å². The molecule has 0 unspecified atom stereocenters. The van der Waals surface area contributed by atoms with Crippen molar-refractivity contribution in [3.63, 3.8) is 0 Å². The Hall–Kier alpha value is -1.78. The minimum atomic E-state index is 0.624. The van der Waals surface area contributed by atoms with E-state index in [-0.39, 0.29) is 0 Å². The van der Waals surface area contributed by atoms with Crippen LogP contribution in [0.25, 0.3) is 5.65 Å². The second-order valence-electron chi connectivity index (χ2n) is 4.70. The van der Waals surface area contributed by atoms with Crippen molar-refractivity contribution in [1.29, 1.82) is 0 Å². The van der Waals surface area contributed by atoms with Crippen LogP contribution in [-0.2, 0) is 0 Å². The van der Waals surface area contributed by atoms with E-state index in [2.05, 4.69) is 15.3 Å². The number of hydrogen-bond acceptors (Lipinski definition) is 4. The summed E-state index contributed by atoms with van der Waals surface area (Å²) in [5.74, 6) is 2.32. The van der Waals surface area contributed by atoms with Crippen LogP contribution in [0.1, 0.15) is 26.2 Å². The van der Waals surface area contributed by atoms with Gasteiger partial charge in [0.05, 0.1) is 12.8 Å². The number of aromatic nitrogens is 3. The summed E-state index contributed by atoms with van der Waals surface area (Å²) >= 11 is 0. The Morgan fingerprint density at radius 3 is 3.17 bits per heavy atom. The minimum Gasteiger partial charge on any atom is -0.475 e. The number of fused-ring (bicyclic) bond motifs is 1. The highest BCUT2D eigenvalue weighted by molar-refractivity contribution is 5.53. The first-order chi connectivity index (χ1) is 8.86. The standard InChI is InChI=1S/C13H18N4O/c1-2-14-11-9-17-7-6-15-12(17)13(16-11)18-8-5-10-3-4-10/h6-7,9-10,14H,2-5,8H2,1H3. The van der Waals surface area contributed by atoms with Crippen molar-refractivity contribution in [1.82, 2.24) is 14.4 Å². The summed E-state index contributed by atoms with van der Waals surface area (Å²) in [6.45, 7) is 3.62. The zero-order valence-electron chi connectivity index (χ0n) is 10.6. The van der Waals surface area contributed by atoms with E-state index in [0.717, 1.165) is 37.0 Å². The molecule has 0 radical (unpaired) electrons. The van der Waals surface area contributed by atoms with Crippen LogP contribution in [0.2, 0.25) is 0 Å². The van der Waals surface area contributed by atoms with Gasteiger partial charge in [0.15, 0.2) is 0 Å². The SMILES string of the molecule is CCNc1cn2ccnc2c(OCCC2CC2)n1. The summed E-state index contributed by atoms with van der Waals surface area (Å²) < 4.78 is 7.72. The average molecular weight is 246 g/mol. The summed E-state index contributed by atoms with van der Waals surface area (Å²) in [6, 6.07) is 0. The van der Waals surface area contributed by atoms with Gasteiger partial charge in [-0.2, -0.15) is 4.98 Å².